The molecule has 2 atom stereocenters. The number of hydrogen-bond donors (Lipinski definition) is 1. The average molecular weight is 314 g/mol. The molecule has 0 aliphatic carbocycles. The SMILES string of the molecule is COC(=O)[C@H](c1ccccc1Cl)N1CCC(S)C(=O)C1. The highest BCUT2D eigenvalue weighted by Gasteiger charge is 2.35. The molecule has 0 radical (unpaired) electrons. The van der Waals surface area contributed by atoms with Gasteiger partial charge in [0.2, 0.25) is 0 Å². The number of ketones is 1. The summed E-state index contributed by atoms with van der Waals surface area (Å²) in [5, 5.41) is 0.235. The molecular weight excluding hydrogens is 298 g/mol. The standard InChI is InChI=1S/C14H16ClNO3S/c1-19-14(18)13(9-4-2-3-5-10(9)15)16-7-6-12(20)11(17)8-16/h2-5,12-13,20H,6-8H2,1H3/t12?,13-/m0/s1. The Labute approximate surface area is 128 Å². The van der Waals surface area contributed by atoms with Gasteiger partial charge in [-0.2, -0.15) is 12.6 Å². The van der Waals surface area contributed by atoms with Crippen LogP contribution in [0.4, 0.5) is 0 Å². The first-order chi connectivity index (χ1) is 9.54. The van der Waals surface area contributed by atoms with Crippen molar-refractivity contribution in [2.45, 2.75) is 17.7 Å². The molecule has 1 aliphatic rings. The summed E-state index contributed by atoms with van der Waals surface area (Å²) < 4.78 is 4.87. The van der Waals surface area contributed by atoms with Crippen molar-refractivity contribution in [1.82, 2.24) is 4.90 Å². The van der Waals surface area contributed by atoms with Crippen LogP contribution in [0.15, 0.2) is 24.3 Å². The van der Waals surface area contributed by atoms with E-state index < -0.39 is 12.0 Å². The Balaban J connectivity index is 2.32. The predicted molar refractivity (Wildman–Crippen MR) is 80.2 cm³/mol. The number of nitrogens with zero attached hydrogens (tertiary/aromatic N) is 1. The molecule has 1 aromatic carbocycles. The number of esters is 1. The maximum atomic E-state index is 12.1. The number of carbonyl (C=O) groups excluding carboxylic acids is 2. The molecule has 1 heterocycles. The van der Waals surface area contributed by atoms with Crippen LogP contribution in [-0.2, 0) is 14.3 Å². The number of ether oxygens (including phenoxy) is 1. The number of piperidine rings is 1. The zero-order chi connectivity index (χ0) is 14.7. The van der Waals surface area contributed by atoms with Gasteiger partial charge < -0.3 is 4.74 Å². The summed E-state index contributed by atoms with van der Waals surface area (Å²) in [5.74, 6) is -0.399. The van der Waals surface area contributed by atoms with Gasteiger partial charge in [-0.15, -0.1) is 0 Å². The van der Waals surface area contributed by atoms with E-state index in [9.17, 15) is 9.59 Å². The zero-order valence-corrected chi connectivity index (χ0v) is 12.7. The number of likely N-dealkylation sites (tertiary alicyclic amines) is 1. The number of thiol groups is 1. The molecule has 1 aliphatic heterocycles. The van der Waals surface area contributed by atoms with Crippen LogP contribution in [-0.4, -0.2) is 42.1 Å². The summed E-state index contributed by atoms with van der Waals surface area (Å²) in [5.41, 5.74) is 0.659. The van der Waals surface area contributed by atoms with Crippen LogP contribution in [0.25, 0.3) is 0 Å². The summed E-state index contributed by atoms with van der Waals surface area (Å²) in [7, 11) is 1.33. The van der Waals surface area contributed by atoms with Gasteiger partial charge in [-0.25, -0.2) is 4.79 Å². The third-order valence-corrected chi connectivity index (χ3v) is 4.30. The van der Waals surface area contributed by atoms with Gasteiger partial charge in [0.1, 0.15) is 6.04 Å². The van der Waals surface area contributed by atoms with E-state index in [2.05, 4.69) is 12.6 Å². The summed E-state index contributed by atoms with van der Waals surface area (Å²) >= 11 is 10.4. The number of halogens is 1. The minimum Gasteiger partial charge on any atom is -0.468 e. The van der Waals surface area contributed by atoms with Gasteiger partial charge >= 0.3 is 5.97 Å². The van der Waals surface area contributed by atoms with Crippen LogP contribution in [0.1, 0.15) is 18.0 Å². The normalized spacial score (nSPS) is 21.6. The highest BCUT2D eigenvalue weighted by Crippen LogP contribution is 2.30. The first kappa shape index (κ1) is 15.4. The lowest BCUT2D eigenvalue weighted by atomic mass is 10.0. The molecule has 0 spiro atoms. The molecule has 0 bridgehead atoms. The molecule has 0 saturated carbocycles. The lowest BCUT2D eigenvalue weighted by molar-refractivity contribution is -0.148. The minimum atomic E-state index is -0.654. The van der Waals surface area contributed by atoms with E-state index in [4.69, 9.17) is 16.3 Å². The van der Waals surface area contributed by atoms with Gasteiger partial charge in [0.15, 0.2) is 5.78 Å². The van der Waals surface area contributed by atoms with E-state index in [-0.39, 0.29) is 17.6 Å². The number of rotatable bonds is 3. The van der Waals surface area contributed by atoms with Gasteiger partial charge in [-0.1, -0.05) is 29.8 Å². The van der Waals surface area contributed by atoms with Crippen LogP contribution >= 0.6 is 24.2 Å². The van der Waals surface area contributed by atoms with Crippen LogP contribution in [0.5, 0.6) is 0 Å². The molecule has 1 aromatic rings. The second-order valence-corrected chi connectivity index (χ2v) is 5.72. The zero-order valence-electron chi connectivity index (χ0n) is 11.1. The highest BCUT2D eigenvalue weighted by molar-refractivity contribution is 7.81. The lowest BCUT2D eigenvalue weighted by Crippen LogP contribution is -2.46. The minimum absolute atomic E-state index is 0.0144. The molecule has 1 unspecified atom stereocenters. The Morgan fingerprint density at radius 2 is 2.20 bits per heavy atom. The molecule has 0 aromatic heterocycles. The Bertz CT molecular complexity index is 523. The number of Topliss-reactive ketones (excluding diaryl/α,β-unsaturated/α-hetero) is 1. The lowest BCUT2D eigenvalue weighted by Gasteiger charge is -2.34. The van der Waals surface area contributed by atoms with Gasteiger partial charge in [-0.3, -0.25) is 9.69 Å². The average Bonchev–Trinajstić information content (AvgIpc) is 2.44. The topological polar surface area (TPSA) is 46.6 Å². The van der Waals surface area contributed by atoms with Crippen molar-refractivity contribution in [1.29, 1.82) is 0 Å². The number of carbonyl (C=O) groups is 2. The van der Waals surface area contributed by atoms with E-state index in [0.29, 0.717) is 23.6 Å². The molecule has 4 nitrogen and oxygen atoms in total. The smallest absolute Gasteiger partial charge is 0.327 e. The third kappa shape index (κ3) is 3.16. The fraction of sp³-hybridized carbons (Fsp3) is 0.429. The van der Waals surface area contributed by atoms with E-state index in [0.717, 1.165) is 0 Å². The number of hydrogen-bond acceptors (Lipinski definition) is 5. The monoisotopic (exact) mass is 313 g/mol. The second-order valence-electron chi connectivity index (χ2n) is 4.69. The third-order valence-electron chi connectivity index (χ3n) is 3.41. The van der Waals surface area contributed by atoms with Gasteiger partial charge in [0, 0.05) is 11.6 Å². The quantitative estimate of drug-likeness (QED) is 0.686. The van der Waals surface area contributed by atoms with E-state index in [1.165, 1.54) is 7.11 Å². The molecule has 6 heteroatoms. The van der Waals surface area contributed by atoms with E-state index >= 15 is 0 Å². The van der Waals surface area contributed by atoms with Crippen molar-refractivity contribution in [2.75, 3.05) is 20.2 Å². The maximum absolute atomic E-state index is 12.1. The molecule has 108 valence electrons. The summed E-state index contributed by atoms with van der Waals surface area (Å²) in [6, 6.07) is 6.45. The van der Waals surface area contributed by atoms with Gasteiger partial charge in [-0.05, 0) is 18.1 Å². The first-order valence-electron chi connectivity index (χ1n) is 6.31. The molecule has 0 N–H and O–H groups in total. The Hall–Kier alpha value is -1.04. The molecule has 1 saturated heterocycles. The summed E-state index contributed by atoms with van der Waals surface area (Å²) in [6.45, 7) is 0.782. The van der Waals surface area contributed by atoms with Crippen molar-refractivity contribution < 1.29 is 14.3 Å². The predicted octanol–water partition coefficient (Wildman–Crippen LogP) is 2.13. The van der Waals surface area contributed by atoms with Crippen LogP contribution < -0.4 is 0 Å². The summed E-state index contributed by atoms with van der Waals surface area (Å²) in [4.78, 5) is 25.7. The Kier molecular flexibility index (Phi) is 5.07. The molecule has 1 fully saturated rings. The van der Waals surface area contributed by atoms with Crippen molar-refractivity contribution in [2.24, 2.45) is 0 Å². The van der Waals surface area contributed by atoms with Gasteiger partial charge in [0.25, 0.3) is 0 Å². The van der Waals surface area contributed by atoms with Crippen LogP contribution in [0, 0.1) is 0 Å². The maximum Gasteiger partial charge on any atom is 0.327 e. The first-order valence-corrected chi connectivity index (χ1v) is 7.21. The fourth-order valence-electron chi connectivity index (χ4n) is 2.34. The molecule has 2 rings (SSSR count). The summed E-state index contributed by atoms with van der Waals surface area (Å²) in [6.07, 6.45) is 0.611. The van der Waals surface area contributed by atoms with E-state index in [1.807, 2.05) is 6.07 Å². The fourth-order valence-corrected chi connectivity index (χ4v) is 2.77. The molecular formula is C14H16ClNO3S. The second kappa shape index (κ2) is 6.61. The molecule has 20 heavy (non-hydrogen) atoms. The highest BCUT2D eigenvalue weighted by atomic mass is 35.5. The van der Waals surface area contributed by atoms with Crippen LogP contribution in [0.3, 0.4) is 0 Å². The molecule has 0 amide bonds. The van der Waals surface area contributed by atoms with Crippen molar-refractivity contribution in [3.63, 3.8) is 0 Å². The van der Waals surface area contributed by atoms with E-state index in [1.54, 1.807) is 23.1 Å². The largest absolute Gasteiger partial charge is 0.468 e. The van der Waals surface area contributed by atoms with Gasteiger partial charge in [0.05, 0.1) is 18.9 Å². The van der Waals surface area contributed by atoms with Crippen molar-refractivity contribution in [3.8, 4) is 0 Å². The van der Waals surface area contributed by atoms with Crippen molar-refractivity contribution in [3.05, 3.63) is 34.9 Å². The van der Waals surface area contributed by atoms with Crippen LogP contribution in [0.2, 0.25) is 5.02 Å². The Morgan fingerprint density at radius 1 is 1.50 bits per heavy atom. The number of methoxy groups -OCH3 is 1. The number of benzene rings is 1. The Morgan fingerprint density at radius 3 is 2.80 bits per heavy atom. The van der Waals surface area contributed by atoms with Crippen molar-refractivity contribution >= 4 is 36.0 Å².